The number of hydrogen-bond acceptors (Lipinski definition) is 2. The fraction of sp³-hybridized carbons (Fsp3) is 0.500. The minimum Gasteiger partial charge on any atom is -0.489 e. The molecule has 0 spiro atoms. The molecule has 2 aromatic carbocycles. The molecular formula is C26H35NO2. The molecule has 0 aromatic heterocycles. The van der Waals surface area contributed by atoms with E-state index in [0.717, 1.165) is 35.8 Å². The van der Waals surface area contributed by atoms with Crippen molar-refractivity contribution in [1.29, 1.82) is 0 Å². The highest BCUT2D eigenvalue weighted by Gasteiger charge is 2.20. The molecular weight excluding hydrogens is 358 g/mol. The molecule has 1 aliphatic carbocycles. The zero-order valence-electron chi connectivity index (χ0n) is 18.0. The second kappa shape index (κ2) is 11.0. The van der Waals surface area contributed by atoms with Crippen molar-refractivity contribution in [3.63, 3.8) is 0 Å². The number of carbonyl (C=O) groups is 1. The molecule has 0 unspecified atom stereocenters. The normalized spacial score (nSPS) is 14.3. The van der Waals surface area contributed by atoms with E-state index in [-0.39, 0.29) is 0 Å². The molecule has 3 heteroatoms. The van der Waals surface area contributed by atoms with E-state index >= 15 is 0 Å². The molecule has 0 saturated heterocycles. The minimum atomic E-state index is 0.293. The number of hydrogen-bond donors (Lipinski definition) is 0. The van der Waals surface area contributed by atoms with Gasteiger partial charge in [-0.25, -0.2) is 0 Å². The van der Waals surface area contributed by atoms with Crippen molar-refractivity contribution in [3.05, 3.63) is 65.7 Å². The predicted octanol–water partition coefficient (Wildman–Crippen LogP) is 6.22. The number of amides is 1. The van der Waals surface area contributed by atoms with Crippen LogP contribution in [0.5, 0.6) is 5.75 Å². The SMILES string of the molecule is CC(C)CN(Cc1cccc(OCc2ccccc2)c1)C(=O)CCC1CCCC1. The van der Waals surface area contributed by atoms with Gasteiger partial charge in [0.05, 0.1) is 0 Å². The lowest BCUT2D eigenvalue weighted by Crippen LogP contribution is -2.33. The van der Waals surface area contributed by atoms with E-state index < -0.39 is 0 Å². The molecule has 0 N–H and O–H groups in total. The van der Waals surface area contributed by atoms with Gasteiger partial charge in [-0.2, -0.15) is 0 Å². The highest BCUT2D eigenvalue weighted by atomic mass is 16.5. The van der Waals surface area contributed by atoms with Crippen LogP contribution in [0.1, 0.15) is 63.5 Å². The molecule has 0 bridgehead atoms. The van der Waals surface area contributed by atoms with E-state index in [1.165, 1.54) is 25.7 Å². The average Bonchev–Trinajstić information content (AvgIpc) is 3.24. The summed E-state index contributed by atoms with van der Waals surface area (Å²) in [6.07, 6.45) is 7.01. The Morgan fingerprint density at radius 1 is 1.03 bits per heavy atom. The number of carbonyl (C=O) groups excluding carboxylic acids is 1. The molecule has 0 aliphatic heterocycles. The van der Waals surface area contributed by atoms with Crippen LogP contribution < -0.4 is 4.74 Å². The first-order valence-electron chi connectivity index (χ1n) is 11.1. The van der Waals surface area contributed by atoms with Crippen molar-refractivity contribution in [2.45, 2.75) is 65.5 Å². The molecule has 3 nitrogen and oxygen atoms in total. The van der Waals surface area contributed by atoms with Crippen molar-refractivity contribution in [1.82, 2.24) is 4.90 Å². The summed E-state index contributed by atoms with van der Waals surface area (Å²) in [5.74, 6) is 2.37. The molecule has 1 fully saturated rings. The smallest absolute Gasteiger partial charge is 0.222 e. The molecule has 1 amide bonds. The highest BCUT2D eigenvalue weighted by Crippen LogP contribution is 2.29. The van der Waals surface area contributed by atoms with E-state index in [1.54, 1.807) is 0 Å². The lowest BCUT2D eigenvalue weighted by atomic mass is 10.0. The summed E-state index contributed by atoms with van der Waals surface area (Å²) in [7, 11) is 0. The second-order valence-electron chi connectivity index (χ2n) is 8.78. The van der Waals surface area contributed by atoms with Crippen molar-refractivity contribution in [2.75, 3.05) is 6.54 Å². The summed E-state index contributed by atoms with van der Waals surface area (Å²) >= 11 is 0. The summed E-state index contributed by atoms with van der Waals surface area (Å²) in [6.45, 7) is 6.37. The van der Waals surface area contributed by atoms with Gasteiger partial charge in [0.1, 0.15) is 12.4 Å². The number of ether oxygens (including phenoxy) is 1. The van der Waals surface area contributed by atoms with Gasteiger partial charge >= 0.3 is 0 Å². The Bertz CT molecular complexity index is 750. The lowest BCUT2D eigenvalue weighted by molar-refractivity contribution is -0.132. The first kappa shape index (κ1) is 21.4. The third-order valence-electron chi connectivity index (χ3n) is 5.70. The Kier molecular flexibility index (Phi) is 8.15. The molecule has 0 radical (unpaired) electrons. The number of nitrogens with zero attached hydrogens (tertiary/aromatic N) is 1. The number of rotatable bonds is 10. The topological polar surface area (TPSA) is 29.5 Å². The molecule has 156 valence electrons. The zero-order valence-corrected chi connectivity index (χ0v) is 18.0. The highest BCUT2D eigenvalue weighted by molar-refractivity contribution is 5.76. The van der Waals surface area contributed by atoms with E-state index in [9.17, 15) is 4.79 Å². The first-order valence-corrected chi connectivity index (χ1v) is 11.1. The van der Waals surface area contributed by atoms with Crippen LogP contribution in [0, 0.1) is 11.8 Å². The third kappa shape index (κ3) is 7.23. The van der Waals surface area contributed by atoms with Crippen molar-refractivity contribution in [2.24, 2.45) is 11.8 Å². The minimum absolute atomic E-state index is 0.293. The standard InChI is InChI=1S/C26H35NO2/c1-21(2)18-27(26(28)16-15-22-9-6-7-10-22)19-24-13-8-14-25(17-24)29-20-23-11-4-3-5-12-23/h3-5,8,11-14,17,21-22H,6-7,9-10,15-16,18-20H2,1-2H3. The van der Waals surface area contributed by atoms with Gasteiger partial charge in [-0.05, 0) is 41.5 Å². The van der Waals surface area contributed by atoms with Crippen LogP contribution in [0.25, 0.3) is 0 Å². The van der Waals surface area contributed by atoms with Gasteiger partial charge in [0, 0.05) is 19.5 Å². The van der Waals surface area contributed by atoms with Crippen LogP contribution in [0.4, 0.5) is 0 Å². The molecule has 1 saturated carbocycles. The zero-order chi connectivity index (χ0) is 20.5. The van der Waals surface area contributed by atoms with Crippen molar-refractivity contribution in [3.8, 4) is 5.75 Å². The summed E-state index contributed by atoms with van der Waals surface area (Å²) in [5.41, 5.74) is 2.28. The Hall–Kier alpha value is -2.29. The van der Waals surface area contributed by atoms with E-state index in [4.69, 9.17) is 4.74 Å². The fourth-order valence-electron chi connectivity index (χ4n) is 4.17. The summed E-state index contributed by atoms with van der Waals surface area (Å²) < 4.78 is 5.97. The third-order valence-corrected chi connectivity index (χ3v) is 5.70. The average molecular weight is 394 g/mol. The Morgan fingerprint density at radius 2 is 1.76 bits per heavy atom. The van der Waals surface area contributed by atoms with E-state index in [0.29, 0.717) is 31.4 Å². The Labute approximate surface area is 176 Å². The lowest BCUT2D eigenvalue weighted by Gasteiger charge is -2.25. The Morgan fingerprint density at radius 3 is 2.48 bits per heavy atom. The van der Waals surface area contributed by atoms with Gasteiger partial charge in [-0.15, -0.1) is 0 Å². The van der Waals surface area contributed by atoms with Crippen molar-refractivity contribution >= 4 is 5.91 Å². The molecule has 0 heterocycles. The summed E-state index contributed by atoms with van der Waals surface area (Å²) in [4.78, 5) is 15.0. The maximum atomic E-state index is 12.9. The van der Waals surface area contributed by atoms with Crippen LogP contribution in [0.15, 0.2) is 54.6 Å². The molecule has 1 aliphatic rings. The predicted molar refractivity (Wildman–Crippen MR) is 119 cm³/mol. The maximum absolute atomic E-state index is 12.9. The fourth-order valence-corrected chi connectivity index (χ4v) is 4.17. The molecule has 2 aromatic rings. The van der Waals surface area contributed by atoms with Crippen LogP contribution in [0.3, 0.4) is 0 Å². The van der Waals surface area contributed by atoms with Gasteiger partial charge in [-0.3, -0.25) is 4.79 Å². The van der Waals surface area contributed by atoms with Crippen LogP contribution >= 0.6 is 0 Å². The summed E-state index contributed by atoms with van der Waals surface area (Å²) in [5, 5.41) is 0. The van der Waals surface area contributed by atoms with Gasteiger partial charge in [0.25, 0.3) is 0 Å². The largest absolute Gasteiger partial charge is 0.489 e. The number of benzene rings is 2. The molecule has 0 atom stereocenters. The second-order valence-corrected chi connectivity index (χ2v) is 8.78. The van der Waals surface area contributed by atoms with Crippen LogP contribution in [-0.2, 0) is 17.9 Å². The van der Waals surface area contributed by atoms with Gasteiger partial charge in [0.15, 0.2) is 0 Å². The first-order chi connectivity index (χ1) is 14.1. The Balaban J connectivity index is 1.58. The summed E-state index contributed by atoms with van der Waals surface area (Å²) in [6, 6.07) is 18.4. The van der Waals surface area contributed by atoms with Crippen molar-refractivity contribution < 1.29 is 9.53 Å². The van der Waals surface area contributed by atoms with E-state index in [2.05, 4.69) is 38.1 Å². The van der Waals surface area contributed by atoms with Gasteiger partial charge in [-0.1, -0.05) is 82.0 Å². The van der Waals surface area contributed by atoms with E-state index in [1.807, 2.05) is 35.2 Å². The quantitative estimate of drug-likeness (QED) is 0.479. The van der Waals surface area contributed by atoms with Gasteiger partial charge in [0.2, 0.25) is 5.91 Å². The van der Waals surface area contributed by atoms with Gasteiger partial charge < -0.3 is 9.64 Å². The van der Waals surface area contributed by atoms with Crippen LogP contribution in [0.2, 0.25) is 0 Å². The molecule has 3 rings (SSSR count). The maximum Gasteiger partial charge on any atom is 0.222 e. The monoisotopic (exact) mass is 393 g/mol. The van der Waals surface area contributed by atoms with Crippen LogP contribution in [-0.4, -0.2) is 17.4 Å². The molecule has 29 heavy (non-hydrogen) atoms.